The van der Waals surface area contributed by atoms with Crippen LogP contribution in [0.3, 0.4) is 0 Å². The molecule has 1 aromatic carbocycles. The zero-order valence-electron chi connectivity index (χ0n) is 10.2. The lowest BCUT2D eigenvalue weighted by molar-refractivity contribution is 0.439. The Morgan fingerprint density at radius 2 is 2.11 bits per heavy atom. The van der Waals surface area contributed by atoms with Crippen LogP contribution in [0, 0.1) is 12.7 Å². The van der Waals surface area contributed by atoms with Gasteiger partial charge in [0.2, 0.25) is 5.88 Å². The summed E-state index contributed by atoms with van der Waals surface area (Å²) in [5.74, 6) is -0.0908. The molecule has 96 valence electrons. The zero-order chi connectivity index (χ0) is 13.4. The summed E-state index contributed by atoms with van der Waals surface area (Å²) in [5, 5.41) is 5.84. The minimum absolute atomic E-state index is 0.207. The maximum absolute atomic E-state index is 14.2. The number of nitrogen functional groups attached to an aromatic ring is 1. The Labute approximate surface area is 113 Å². The molecule has 2 heterocycles. The molecule has 0 unspecified atom stereocenters. The molecule has 3 rings (SSSR count). The molecule has 0 bridgehead atoms. The van der Waals surface area contributed by atoms with Gasteiger partial charge in [0, 0.05) is 10.4 Å². The number of aromatic nitrogens is 1. The predicted octanol–water partition coefficient (Wildman–Crippen LogP) is 4.10. The van der Waals surface area contributed by atoms with Crippen molar-refractivity contribution in [3.63, 3.8) is 0 Å². The summed E-state index contributed by atoms with van der Waals surface area (Å²) in [6.45, 7) is 1.72. The van der Waals surface area contributed by atoms with Crippen LogP contribution >= 0.6 is 11.3 Å². The number of anilines is 1. The number of rotatable bonds is 2. The van der Waals surface area contributed by atoms with Crippen LogP contribution in [-0.2, 0) is 0 Å². The quantitative estimate of drug-likeness (QED) is 0.765. The fourth-order valence-corrected chi connectivity index (χ4v) is 2.75. The summed E-state index contributed by atoms with van der Waals surface area (Å²) in [6.07, 6.45) is 0. The average Bonchev–Trinajstić information content (AvgIpc) is 3.02. The van der Waals surface area contributed by atoms with Gasteiger partial charge >= 0.3 is 0 Å². The molecule has 19 heavy (non-hydrogen) atoms. The summed E-state index contributed by atoms with van der Waals surface area (Å²) in [4.78, 5) is 0.912. The van der Waals surface area contributed by atoms with Crippen molar-refractivity contribution >= 4 is 17.2 Å². The molecular formula is C14H11FN2OS. The highest BCUT2D eigenvalue weighted by Gasteiger charge is 2.21. The lowest BCUT2D eigenvalue weighted by atomic mass is 10.0. The molecule has 0 fully saturated rings. The molecule has 2 N–H and O–H groups in total. The lowest BCUT2D eigenvalue weighted by Gasteiger charge is -2.04. The van der Waals surface area contributed by atoms with Gasteiger partial charge in [-0.3, -0.25) is 0 Å². The molecule has 0 aliphatic carbocycles. The molecule has 0 amide bonds. The van der Waals surface area contributed by atoms with Crippen molar-refractivity contribution in [2.24, 2.45) is 0 Å². The first-order chi connectivity index (χ1) is 9.18. The van der Waals surface area contributed by atoms with Crippen molar-refractivity contribution < 1.29 is 8.91 Å². The maximum Gasteiger partial charge on any atom is 0.231 e. The Morgan fingerprint density at radius 3 is 2.84 bits per heavy atom. The molecule has 3 nitrogen and oxygen atoms in total. The maximum atomic E-state index is 14.2. The van der Waals surface area contributed by atoms with E-state index in [0.717, 1.165) is 4.88 Å². The molecule has 0 spiro atoms. The SMILES string of the molecule is Cc1cccc(-c2noc(N)c2-c2cccs2)c1F. The van der Waals surface area contributed by atoms with Crippen LogP contribution in [-0.4, -0.2) is 5.16 Å². The van der Waals surface area contributed by atoms with Gasteiger partial charge in [-0.05, 0) is 30.0 Å². The number of aryl methyl sites for hydroxylation is 1. The van der Waals surface area contributed by atoms with Crippen LogP contribution in [0.15, 0.2) is 40.2 Å². The van der Waals surface area contributed by atoms with Crippen molar-refractivity contribution in [2.75, 3.05) is 5.73 Å². The molecular weight excluding hydrogens is 263 g/mol. The van der Waals surface area contributed by atoms with Crippen molar-refractivity contribution in [1.82, 2.24) is 5.16 Å². The second-order valence-corrected chi connectivity index (χ2v) is 5.13. The second kappa shape index (κ2) is 4.51. The molecule has 2 aromatic heterocycles. The van der Waals surface area contributed by atoms with E-state index in [1.165, 1.54) is 11.3 Å². The van der Waals surface area contributed by atoms with Gasteiger partial charge in [-0.2, -0.15) is 0 Å². The molecule has 0 atom stereocenters. The first-order valence-electron chi connectivity index (χ1n) is 5.73. The average molecular weight is 274 g/mol. The highest BCUT2D eigenvalue weighted by Crippen LogP contribution is 2.39. The first kappa shape index (κ1) is 11.9. The number of nitrogens with zero attached hydrogens (tertiary/aromatic N) is 1. The Morgan fingerprint density at radius 1 is 1.26 bits per heavy atom. The van der Waals surface area contributed by atoms with E-state index in [4.69, 9.17) is 10.3 Å². The highest BCUT2D eigenvalue weighted by atomic mass is 32.1. The lowest BCUT2D eigenvalue weighted by Crippen LogP contribution is -1.90. The fourth-order valence-electron chi connectivity index (χ4n) is 1.98. The van der Waals surface area contributed by atoms with E-state index in [0.29, 0.717) is 22.4 Å². The predicted molar refractivity (Wildman–Crippen MR) is 74.4 cm³/mol. The van der Waals surface area contributed by atoms with Gasteiger partial charge in [0.05, 0.1) is 5.56 Å². The van der Waals surface area contributed by atoms with Crippen molar-refractivity contribution in [3.05, 3.63) is 47.1 Å². The topological polar surface area (TPSA) is 52.0 Å². The van der Waals surface area contributed by atoms with E-state index in [1.807, 2.05) is 17.5 Å². The monoisotopic (exact) mass is 274 g/mol. The number of benzene rings is 1. The van der Waals surface area contributed by atoms with Crippen LogP contribution < -0.4 is 5.73 Å². The number of halogens is 1. The van der Waals surface area contributed by atoms with Crippen LogP contribution in [0.4, 0.5) is 10.3 Å². The van der Waals surface area contributed by atoms with Gasteiger partial charge in [-0.25, -0.2) is 4.39 Å². The van der Waals surface area contributed by atoms with Crippen LogP contribution in [0.2, 0.25) is 0 Å². The van der Waals surface area contributed by atoms with Gasteiger partial charge in [-0.15, -0.1) is 11.3 Å². The highest BCUT2D eigenvalue weighted by molar-refractivity contribution is 7.13. The summed E-state index contributed by atoms with van der Waals surface area (Å²) in [6, 6.07) is 8.99. The smallest absolute Gasteiger partial charge is 0.231 e. The van der Waals surface area contributed by atoms with Crippen molar-refractivity contribution in [1.29, 1.82) is 0 Å². The number of thiophene rings is 1. The van der Waals surface area contributed by atoms with E-state index >= 15 is 0 Å². The van der Waals surface area contributed by atoms with E-state index in [9.17, 15) is 4.39 Å². The molecule has 5 heteroatoms. The van der Waals surface area contributed by atoms with Gasteiger partial charge in [0.1, 0.15) is 11.5 Å². The van der Waals surface area contributed by atoms with Crippen LogP contribution in [0.5, 0.6) is 0 Å². The van der Waals surface area contributed by atoms with E-state index in [1.54, 1.807) is 25.1 Å². The van der Waals surface area contributed by atoms with Gasteiger partial charge in [-0.1, -0.05) is 23.4 Å². The Kier molecular flexibility index (Phi) is 2.83. The zero-order valence-corrected chi connectivity index (χ0v) is 11.0. The Bertz CT molecular complexity index is 719. The Hall–Kier alpha value is -2.14. The largest absolute Gasteiger partial charge is 0.367 e. The summed E-state index contributed by atoms with van der Waals surface area (Å²) < 4.78 is 19.2. The molecule has 0 radical (unpaired) electrons. The normalized spacial score (nSPS) is 10.8. The van der Waals surface area contributed by atoms with Gasteiger partial charge in [0.25, 0.3) is 0 Å². The van der Waals surface area contributed by atoms with Crippen molar-refractivity contribution in [2.45, 2.75) is 6.92 Å². The molecule has 0 aliphatic rings. The van der Waals surface area contributed by atoms with E-state index in [-0.39, 0.29) is 11.7 Å². The standard InChI is InChI=1S/C14H11FN2OS/c1-8-4-2-5-9(12(8)15)13-11(14(16)18-17-13)10-6-3-7-19-10/h2-7H,16H2,1H3. The van der Waals surface area contributed by atoms with Gasteiger partial charge < -0.3 is 10.3 Å². The number of hydrogen-bond donors (Lipinski definition) is 1. The second-order valence-electron chi connectivity index (χ2n) is 4.18. The van der Waals surface area contributed by atoms with E-state index < -0.39 is 0 Å². The minimum Gasteiger partial charge on any atom is -0.367 e. The van der Waals surface area contributed by atoms with Crippen LogP contribution in [0.25, 0.3) is 21.7 Å². The summed E-state index contributed by atoms with van der Waals surface area (Å²) >= 11 is 1.51. The first-order valence-corrected chi connectivity index (χ1v) is 6.61. The van der Waals surface area contributed by atoms with E-state index in [2.05, 4.69) is 5.16 Å². The number of nitrogens with two attached hydrogens (primary N) is 1. The minimum atomic E-state index is -0.298. The van der Waals surface area contributed by atoms with Crippen molar-refractivity contribution in [3.8, 4) is 21.7 Å². The third kappa shape index (κ3) is 1.92. The third-order valence-electron chi connectivity index (χ3n) is 2.93. The third-order valence-corrected chi connectivity index (χ3v) is 3.82. The van der Waals surface area contributed by atoms with Gasteiger partial charge in [0.15, 0.2) is 0 Å². The molecule has 3 aromatic rings. The Balaban J connectivity index is 2.25. The molecule has 0 aliphatic heterocycles. The summed E-state index contributed by atoms with van der Waals surface area (Å²) in [5.41, 5.74) is 7.88. The molecule has 0 saturated carbocycles. The molecule has 0 saturated heterocycles. The fraction of sp³-hybridized carbons (Fsp3) is 0.0714. The number of hydrogen-bond acceptors (Lipinski definition) is 4. The summed E-state index contributed by atoms with van der Waals surface area (Å²) in [7, 11) is 0. The van der Waals surface area contributed by atoms with Crippen LogP contribution in [0.1, 0.15) is 5.56 Å².